The Balaban J connectivity index is 1.43. The average Bonchev–Trinajstić information content (AvgIpc) is 3.31. The van der Waals surface area contributed by atoms with Crippen molar-refractivity contribution in [1.29, 1.82) is 0 Å². The van der Waals surface area contributed by atoms with Crippen LogP contribution in [0.5, 0.6) is 11.5 Å². The Labute approximate surface area is 141 Å². The van der Waals surface area contributed by atoms with Crippen LogP contribution >= 0.6 is 0 Å². The maximum atomic E-state index is 13.2. The van der Waals surface area contributed by atoms with Gasteiger partial charge >= 0.3 is 0 Å². The fourth-order valence-electron chi connectivity index (χ4n) is 3.92. The van der Waals surface area contributed by atoms with Gasteiger partial charge in [0.1, 0.15) is 0 Å². The fourth-order valence-corrected chi connectivity index (χ4v) is 3.92. The van der Waals surface area contributed by atoms with Crippen molar-refractivity contribution in [2.75, 3.05) is 13.3 Å². The summed E-state index contributed by atoms with van der Waals surface area (Å²) in [5.74, 6) is 1.79. The monoisotopic (exact) mass is 321 g/mol. The first-order valence-electron chi connectivity index (χ1n) is 8.53. The first-order chi connectivity index (χ1) is 11.8. The van der Waals surface area contributed by atoms with Crippen LogP contribution in [0.2, 0.25) is 0 Å². The van der Waals surface area contributed by atoms with Crippen LogP contribution < -0.4 is 9.47 Å². The third-order valence-corrected chi connectivity index (χ3v) is 5.50. The van der Waals surface area contributed by atoms with Gasteiger partial charge in [-0.1, -0.05) is 30.3 Å². The second-order valence-electron chi connectivity index (χ2n) is 6.90. The molecule has 24 heavy (non-hydrogen) atoms. The van der Waals surface area contributed by atoms with Crippen molar-refractivity contribution >= 4 is 5.91 Å². The summed E-state index contributed by atoms with van der Waals surface area (Å²) in [5.41, 5.74) is 3.36. The van der Waals surface area contributed by atoms with Crippen molar-refractivity contribution in [3.05, 3.63) is 59.2 Å². The Morgan fingerprint density at radius 3 is 2.62 bits per heavy atom. The molecule has 2 aromatic carbocycles. The molecule has 0 N–H and O–H groups in total. The zero-order valence-corrected chi connectivity index (χ0v) is 13.5. The topological polar surface area (TPSA) is 38.8 Å². The van der Waals surface area contributed by atoms with E-state index in [1.165, 1.54) is 11.1 Å². The fraction of sp³-hybridized carbons (Fsp3) is 0.350. The van der Waals surface area contributed by atoms with Crippen LogP contribution in [-0.2, 0) is 23.2 Å². The smallest absolute Gasteiger partial charge is 0.233 e. The molecule has 4 nitrogen and oxygen atoms in total. The molecule has 3 aliphatic rings. The van der Waals surface area contributed by atoms with Crippen LogP contribution in [0.25, 0.3) is 0 Å². The molecule has 2 aromatic rings. The van der Waals surface area contributed by atoms with Gasteiger partial charge in [-0.3, -0.25) is 4.79 Å². The van der Waals surface area contributed by atoms with E-state index in [4.69, 9.17) is 9.47 Å². The van der Waals surface area contributed by atoms with Crippen LogP contribution in [-0.4, -0.2) is 24.1 Å². The molecule has 0 spiro atoms. The lowest BCUT2D eigenvalue weighted by molar-refractivity contribution is -0.134. The van der Waals surface area contributed by atoms with Crippen molar-refractivity contribution in [3.63, 3.8) is 0 Å². The maximum absolute atomic E-state index is 13.2. The Morgan fingerprint density at radius 2 is 1.79 bits per heavy atom. The predicted molar refractivity (Wildman–Crippen MR) is 89.0 cm³/mol. The van der Waals surface area contributed by atoms with Crippen LogP contribution in [0.1, 0.15) is 29.5 Å². The lowest BCUT2D eigenvalue weighted by Gasteiger charge is -2.32. The summed E-state index contributed by atoms with van der Waals surface area (Å²) in [7, 11) is 0. The second kappa shape index (κ2) is 5.00. The SMILES string of the molecule is O=C(N1CCc2ccccc2C1)C1(c2ccc3c(c2)OCO3)CC1. The van der Waals surface area contributed by atoms with E-state index >= 15 is 0 Å². The zero-order valence-electron chi connectivity index (χ0n) is 13.5. The van der Waals surface area contributed by atoms with Gasteiger partial charge in [0.15, 0.2) is 11.5 Å². The van der Waals surface area contributed by atoms with Crippen molar-refractivity contribution in [2.45, 2.75) is 31.2 Å². The van der Waals surface area contributed by atoms with Crippen molar-refractivity contribution < 1.29 is 14.3 Å². The largest absolute Gasteiger partial charge is 0.454 e. The van der Waals surface area contributed by atoms with Crippen LogP contribution in [0.4, 0.5) is 0 Å². The van der Waals surface area contributed by atoms with Gasteiger partial charge < -0.3 is 14.4 Å². The predicted octanol–water partition coefficient (Wildman–Crippen LogP) is 3.03. The van der Waals surface area contributed by atoms with E-state index in [9.17, 15) is 4.79 Å². The molecule has 0 unspecified atom stereocenters. The maximum Gasteiger partial charge on any atom is 0.233 e. The van der Waals surface area contributed by atoms with Crippen LogP contribution in [0.15, 0.2) is 42.5 Å². The number of hydrogen-bond donors (Lipinski definition) is 0. The molecule has 122 valence electrons. The van der Waals surface area contributed by atoms with E-state index in [0.29, 0.717) is 0 Å². The summed E-state index contributed by atoms with van der Waals surface area (Å²) in [6.45, 7) is 1.80. The quantitative estimate of drug-likeness (QED) is 0.853. The van der Waals surface area contributed by atoms with Gasteiger partial charge in [-0.05, 0) is 48.1 Å². The molecule has 1 aliphatic carbocycles. The number of benzene rings is 2. The van der Waals surface area contributed by atoms with Crippen molar-refractivity contribution in [2.24, 2.45) is 0 Å². The van der Waals surface area contributed by atoms with Gasteiger partial charge in [-0.25, -0.2) is 0 Å². The zero-order chi connectivity index (χ0) is 16.1. The molecule has 4 heteroatoms. The van der Waals surface area contributed by atoms with Crippen LogP contribution in [0, 0.1) is 0 Å². The molecular weight excluding hydrogens is 302 g/mol. The summed E-state index contributed by atoms with van der Waals surface area (Å²) in [4.78, 5) is 15.3. The Hall–Kier alpha value is -2.49. The molecule has 0 saturated heterocycles. The number of hydrogen-bond acceptors (Lipinski definition) is 3. The highest BCUT2D eigenvalue weighted by Gasteiger charge is 2.53. The third kappa shape index (κ3) is 2.02. The number of rotatable bonds is 2. The first-order valence-corrected chi connectivity index (χ1v) is 8.53. The highest BCUT2D eigenvalue weighted by Crippen LogP contribution is 2.52. The minimum Gasteiger partial charge on any atom is -0.454 e. The van der Waals surface area contributed by atoms with Gasteiger partial charge in [-0.2, -0.15) is 0 Å². The highest BCUT2D eigenvalue weighted by atomic mass is 16.7. The highest BCUT2D eigenvalue weighted by molar-refractivity contribution is 5.91. The summed E-state index contributed by atoms with van der Waals surface area (Å²) in [5, 5.41) is 0. The Morgan fingerprint density at radius 1 is 1.00 bits per heavy atom. The lowest BCUT2D eigenvalue weighted by atomic mass is 9.92. The van der Waals surface area contributed by atoms with Gasteiger partial charge in [0.25, 0.3) is 0 Å². The van der Waals surface area contributed by atoms with E-state index in [-0.39, 0.29) is 18.1 Å². The van der Waals surface area contributed by atoms with Gasteiger partial charge in [0.2, 0.25) is 12.7 Å². The van der Waals surface area contributed by atoms with Crippen molar-refractivity contribution in [3.8, 4) is 11.5 Å². The Bertz CT molecular complexity index is 825. The molecule has 1 fully saturated rings. The average molecular weight is 321 g/mol. The first kappa shape index (κ1) is 13.9. The number of carbonyl (C=O) groups is 1. The minimum atomic E-state index is -0.354. The number of amides is 1. The molecule has 2 heterocycles. The number of ether oxygens (including phenoxy) is 2. The molecule has 0 aromatic heterocycles. The summed E-state index contributed by atoms with van der Waals surface area (Å²) < 4.78 is 10.9. The van der Waals surface area contributed by atoms with Crippen LogP contribution in [0.3, 0.4) is 0 Å². The molecule has 5 rings (SSSR count). The molecule has 1 saturated carbocycles. The normalized spacial score (nSPS) is 19.8. The van der Waals surface area contributed by atoms with Gasteiger partial charge in [-0.15, -0.1) is 0 Å². The van der Waals surface area contributed by atoms with E-state index in [1.54, 1.807) is 0 Å². The molecule has 0 atom stereocenters. The third-order valence-electron chi connectivity index (χ3n) is 5.50. The summed E-state index contributed by atoms with van der Waals surface area (Å²) in [6.07, 6.45) is 2.78. The second-order valence-corrected chi connectivity index (χ2v) is 6.90. The van der Waals surface area contributed by atoms with Gasteiger partial charge in [0.05, 0.1) is 5.41 Å². The number of carbonyl (C=O) groups excluding carboxylic acids is 1. The molecular formula is C20H19NO3. The molecule has 2 aliphatic heterocycles. The number of fused-ring (bicyclic) bond motifs is 2. The van der Waals surface area contributed by atoms with E-state index in [2.05, 4.69) is 24.3 Å². The standard InChI is InChI=1S/C20H19NO3/c22-19(21-10-7-14-3-1-2-4-15(14)12-21)20(8-9-20)16-5-6-17-18(11-16)24-13-23-17/h1-6,11H,7-10,12-13H2. The lowest BCUT2D eigenvalue weighted by Crippen LogP contribution is -2.42. The Kier molecular flexibility index (Phi) is 2.90. The van der Waals surface area contributed by atoms with Gasteiger partial charge in [0, 0.05) is 13.1 Å². The van der Waals surface area contributed by atoms with E-state index in [1.807, 2.05) is 23.1 Å². The number of nitrogens with zero attached hydrogens (tertiary/aromatic N) is 1. The molecule has 0 radical (unpaired) electrons. The van der Waals surface area contributed by atoms with E-state index in [0.717, 1.165) is 49.4 Å². The molecule has 1 amide bonds. The minimum absolute atomic E-state index is 0.260. The van der Waals surface area contributed by atoms with Crippen molar-refractivity contribution in [1.82, 2.24) is 4.90 Å². The summed E-state index contributed by atoms with van der Waals surface area (Å²) >= 11 is 0. The van der Waals surface area contributed by atoms with E-state index < -0.39 is 0 Å². The molecule has 0 bridgehead atoms. The summed E-state index contributed by atoms with van der Waals surface area (Å²) in [6, 6.07) is 14.4.